The Bertz CT molecular complexity index is 877. The van der Waals surface area contributed by atoms with Gasteiger partial charge in [0, 0.05) is 36.2 Å². The predicted molar refractivity (Wildman–Crippen MR) is 100 cm³/mol. The second kappa shape index (κ2) is 7.69. The topological polar surface area (TPSA) is 97.6 Å². The van der Waals surface area contributed by atoms with Crippen LogP contribution in [0.2, 0.25) is 0 Å². The Morgan fingerprint density at radius 2 is 2.23 bits per heavy atom. The predicted octanol–water partition coefficient (Wildman–Crippen LogP) is 2.16. The van der Waals surface area contributed by atoms with E-state index in [-0.39, 0.29) is 17.5 Å². The van der Waals surface area contributed by atoms with Crippen LogP contribution in [0, 0.1) is 0 Å². The lowest BCUT2D eigenvalue weighted by Crippen LogP contribution is -2.29. The molecular formula is C17H18BrN5O3. The summed E-state index contributed by atoms with van der Waals surface area (Å²) in [7, 11) is 1.51. The van der Waals surface area contributed by atoms with E-state index in [0.29, 0.717) is 24.4 Å². The molecule has 1 aliphatic heterocycles. The smallest absolute Gasteiger partial charge is 0.273 e. The highest BCUT2D eigenvalue weighted by Crippen LogP contribution is 2.22. The van der Waals surface area contributed by atoms with Crippen molar-refractivity contribution >= 4 is 39.1 Å². The Labute approximate surface area is 158 Å². The number of aryl methyl sites for hydroxylation is 1. The quantitative estimate of drug-likeness (QED) is 0.775. The molecule has 1 atom stereocenters. The number of nitrogens with one attached hydrogen (secondary N) is 2. The van der Waals surface area contributed by atoms with Crippen LogP contribution in [0.3, 0.4) is 0 Å². The van der Waals surface area contributed by atoms with Crippen LogP contribution >= 0.6 is 15.9 Å². The first-order chi connectivity index (χ1) is 12.5. The molecule has 0 bridgehead atoms. The molecule has 1 aromatic carbocycles. The first-order valence-corrected chi connectivity index (χ1v) is 8.90. The molecule has 0 spiro atoms. The highest BCUT2D eigenvalue weighted by molar-refractivity contribution is 9.10. The van der Waals surface area contributed by atoms with E-state index in [1.165, 1.54) is 7.05 Å². The van der Waals surface area contributed by atoms with Crippen molar-refractivity contribution in [3.8, 4) is 0 Å². The van der Waals surface area contributed by atoms with Gasteiger partial charge in [0.1, 0.15) is 0 Å². The number of benzene rings is 1. The normalized spacial score (nSPS) is 16.0. The number of anilines is 1. The Hall–Kier alpha value is -2.68. The van der Waals surface area contributed by atoms with Gasteiger partial charge in [-0.2, -0.15) is 5.10 Å². The van der Waals surface area contributed by atoms with Gasteiger partial charge < -0.3 is 15.5 Å². The van der Waals surface area contributed by atoms with Crippen molar-refractivity contribution in [2.45, 2.75) is 26.0 Å². The third-order valence-electron chi connectivity index (χ3n) is 3.90. The average molecular weight is 420 g/mol. The van der Waals surface area contributed by atoms with Crippen LogP contribution in [0.4, 0.5) is 5.69 Å². The fourth-order valence-electron chi connectivity index (χ4n) is 2.53. The van der Waals surface area contributed by atoms with E-state index in [9.17, 15) is 9.59 Å². The second-order valence-electron chi connectivity index (χ2n) is 5.66. The largest absolute Gasteiger partial charge is 0.382 e. The molecule has 1 aromatic heterocycles. The molecule has 8 nitrogen and oxygen atoms in total. The van der Waals surface area contributed by atoms with E-state index >= 15 is 0 Å². The summed E-state index contributed by atoms with van der Waals surface area (Å²) in [6.07, 6.45) is 1.21. The molecule has 2 aromatic rings. The van der Waals surface area contributed by atoms with Crippen LogP contribution in [0.25, 0.3) is 0 Å². The minimum absolute atomic E-state index is 0.161. The van der Waals surface area contributed by atoms with E-state index in [2.05, 4.69) is 36.8 Å². The van der Waals surface area contributed by atoms with Crippen molar-refractivity contribution in [1.29, 1.82) is 0 Å². The van der Waals surface area contributed by atoms with Gasteiger partial charge in [0.15, 0.2) is 5.69 Å². The molecular weight excluding hydrogens is 402 g/mol. The SMILES string of the molecule is CCn1cc(NC(=O)C2CC(c3cccc(Br)c3)=NO2)c(C(=O)NC)n1. The number of oxime groups is 1. The van der Waals surface area contributed by atoms with Crippen LogP contribution in [-0.2, 0) is 16.2 Å². The van der Waals surface area contributed by atoms with Gasteiger partial charge in [-0.3, -0.25) is 14.3 Å². The molecule has 9 heteroatoms. The van der Waals surface area contributed by atoms with E-state index < -0.39 is 6.10 Å². The standard InChI is InChI=1S/C17H18BrN5O3/c1-3-23-9-13(15(21-23)17(25)19-2)20-16(24)14-8-12(22-26-14)10-5-4-6-11(18)7-10/h4-7,9,14H,3,8H2,1-2H3,(H,19,25)(H,20,24). The van der Waals surface area contributed by atoms with Gasteiger partial charge in [-0.25, -0.2) is 0 Å². The summed E-state index contributed by atoms with van der Waals surface area (Å²) in [6, 6.07) is 7.62. The van der Waals surface area contributed by atoms with E-state index in [0.717, 1.165) is 10.0 Å². The average Bonchev–Trinajstić information content (AvgIpc) is 3.28. The lowest BCUT2D eigenvalue weighted by Gasteiger charge is -2.09. The molecule has 26 heavy (non-hydrogen) atoms. The third-order valence-corrected chi connectivity index (χ3v) is 4.40. The van der Waals surface area contributed by atoms with Gasteiger partial charge in [0.25, 0.3) is 11.8 Å². The van der Waals surface area contributed by atoms with Crippen LogP contribution in [0.15, 0.2) is 40.1 Å². The minimum atomic E-state index is -0.758. The summed E-state index contributed by atoms with van der Waals surface area (Å²) in [5, 5.41) is 13.4. The van der Waals surface area contributed by atoms with Crippen molar-refractivity contribution < 1.29 is 14.4 Å². The Balaban J connectivity index is 1.70. The molecule has 0 radical (unpaired) electrons. The monoisotopic (exact) mass is 419 g/mol. The van der Waals surface area contributed by atoms with Crippen molar-refractivity contribution in [3.63, 3.8) is 0 Å². The summed E-state index contributed by atoms with van der Waals surface area (Å²) >= 11 is 3.41. The second-order valence-corrected chi connectivity index (χ2v) is 6.58. The van der Waals surface area contributed by atoms with Crippen LogP contribution in [-0.4, -0.2) is 40.5 Å². The molecule has 1 aliphatic rings. The fourth-order valence-corrected chi connectivity index (χ4v) is 2.93. The maximum atomic E-state index is 12.5. The lowest BCUT2D eigenvalue weighted by molar-refractivity contribution is -0.125. The highest BCUT2D eigenvalue weighted by atomic mass is 79.9. The number of amides is 2. The van der Waals surface area contributed by atoms with Crippen molar-refractivity contribution in [2.24, 2.45) is 5.16 Å². The zero-order valence-electron chi connectivity index (χ0n) is 14.3. The third kappa shape index (κ3) is 3.77. The number of rotatable bonds is 5. The van der Waals surface area contributed by atoms with Gasteiger partial charge in [0.2, 0.25) is 6.10 Å². The van der Waals surface area contributed by atoms with Crippen molar-refractivity contribution in [2.75, 3.05) is 12.4 Å². The molecule has 0 fully saturated rings. The maximum absolute atomic E-state index is 12.5. The number of aromatic nitrogens is 2. The molecule has 2 amide bonds. The number of nitrogens with zero attached hydrogens (tertiary/aromatic N) is 3. The van der Waals surface area contributed by atoms with Crippen LogP contribution < -0.4 is 10.6 Å². The molecule has 0 saturated carbocycles. The first-order valence-electron chi connectivity index (χ1n) is 8.10. The van der Waals surface area contributed by atoms with Gasteiger partial charge in [-0.15, -0.1) is 0 Å². The van der Waals surface area contributed by atoms with Crippen molar-refractivity contribution in [3.05, 3.63) is 46.2 Å². The zero-order chi connectivity index (χ0) is 18.7. The number of halogens is 1. The number of hydrogen-bond acceptors (Lipinski definition) is 5. The maximum Gasteiger partial charge on any atom is 0.273 e. The Morgan fingerprint density at radius 3 is 2.92 bits per heavy atom. The van der Waals surface area contributed by atoms with Gasteiger partial charge in [-0.05, 0) is 19.1 Å². The number of hydrogen-bond donors (Lipinski definition) is 2. The number of carbonyl (C=O) groups is 2. The molecule has 2 heterocycles. The van der Waals surface area contributed by atoms with Crippen LogP contribution in [0.1, 0.15) is 29.4 Å². The highest BCUT2D eigenvalue weighted by Gasteiger charge is 2.30. The molecule has 136 valence electrons. The van der Waals surface area contributed by atoms with Crippen molar-refractivity contribution in [1.82, 2.24) is 15.1 Å². The summed E-state index contributed by atoms with van der Waals surface area (Å²) < 4.78 is 2.51. The Morgan fingerprint density at radius 1 is 1.42 bits per heavy atom. The summed E-state index contributed by atoms with van der Waals surface area (Å²) in [5.74, 6) is -0.745. The van der Waals surface area contributed by atoms with E-state index in [4.69, 9.17) is 4.84 Å². The molecule has 0 saturated heterocycles. The van der Waals surface area contributed by atoms with Gasteiger partial charge in [-0.1, -0.05) is 33.2 Å². The van der Waals surface area contributed by atoms with E-state index in [1.807, 2.05) is 31.2 Å². The van der Waals surface area contributed by atoms with Gasteiger partial charge >= 0.3 is 0 Å². The van der Waals surface area contributed by atoms with E-state index in [1.54, 1.807) is 10.9 Å². The Kier molecular flexibility index (Phi) is 5.36. The zero-order valence-corrected chi connectivity index (χ0v) is 15.9. The molecule has 2 N–H and O–H groups in total. The molecule has 1 unspecified atom stereocenters. The first kappa shape index (κ1) is 18.1. The summed E-state index contributed by atoms with van der Waals surface area (Å²) in [6.45, 7) is 2.47. The van der Waals surface area contributed by atoms with Gasteiger partial charge in [0.05, 0.1) is 11.4 Å². The fraction of sp³-hybridized carbons (Fsp3) is 0.294. The summed E-state index contributed by atoms with van der Waals surface area (Å²) in [4.78, 5) is 29.8. The molecule has 0 aliphatic carbocycles. The molecule has 3 rings (SSSR count). The summed E-state index contributed by atoms with van der Waals surface area (Å²) in [5.41, 5.74) is 2.09. The lowest BCUT2D eigenvalue weighted by atomic mass is 10.0. The number of carbonyl (C=O) groups excluding carboxylic acids is 2. The minimum Gasteiger partial charge on any atom is -0.382 e. The van der Waals surface area contributed by atoms with Crippen LogP contribution in [0.5, 0.6) is 0 Å².